The molecule has 0 spiro atoms. The first-order valence-corrected chi connectivity index (χ1v) is 11.6. The van der Waals surface area contributed by atoms with Gasteiger partial charge in [0, 0.05) is 24.4 Å². The van der Waals surface area contributed by atoms with Crippen molar-refractivity contribution in [2.24, 2.45) is 5.92 Å². The number of aliphatic carboxylic acids is 1. The van der Waals surface area contributed by atoms with Gasteiger partial charge in [-0.25, -0.2) is 4.79 Å². The van der Waals surface area contributed by atoms with E-state index in [1.165, 1.54) is 11.1 Å². The van der Waals surface area contributed by atoms with E-state index < -0.39 is 18.0 Å². The summed E-state index contributed by atoms with van der Waals surface area (Å²) >= 11 is 0. The molecule has 7 heteroatoms. The molecule has 3 N–H and O–H groups in total. The van der Waals surface area contributed by atoms with Crippen molar-refractivity contribution in [1.29, 1.82) is 0 Å². The molecule has 2 aliphatic rings. The third kappa shape index (κ3) is 5.18. The van der Waals surface area contributed by atoms with E-state index in [0.717, 1.165) is 17.5 Å². The summed E-state index contributed by atoms with van der Waals surface area (Å²) in [6.45, 7) is 2.07. The lowest BCUT2D eigenvalue weighted by Crippen LogP contribution is -2.41. The minimum Gasteiger partial charge on any atom is -0.481 e. The van der Waals surface area contributed by atoms with Crippen molar-refractivity contribution in [1.82, 2.24) is 10.6 Å². The molecule has 0 heterocycles. The highest BCUT2D eigenvalue weighted by Gasteiger charge is 2.34. The second kappa shape index (κ2) is 10.1. The van der Waals surface area contributed by atoms with Gasteiger partial charge in [0.25, 0.3) is 0 Å². The first-order valence-electron chi connectivity index (χ1n) is 11.6. The van der Waals surface area contributed by atoms with Crippen LogP contribution in [0.1, 0.15) is 56.1 Å². The Bertz CT molecular complexity index is 991. The standard InChI is InChI=1S/C26H30N2O5/c1-16(13-14-24(29)28-23-12-6-11-21(23)25(30)31)27-26(32)33-15-22-19-9-4-2-7-17(19)18-8-3-5-10-20(18)22/h2-5,7-10,16,21-23H,6,11-15H2,1H3,(H,27,32)(H,28,29)(H,30,31)/t16?,21-,23+/m1/s1. The molecule has 0 saturated heterocycles. The maximum absolute atomic E-state index is 12.4. The fraction of sp³-hybridized carbons (Fsp3) is 0.423. The van der Waals surface area contributed by atoms with Crippen molar-refractivity contribution in [2.75, 3.05) is 6.61 Å². The molecule has 2 aromatic rings. The zero-order valence-electron chi connectivity index (χ0n) is 18.8. The third-order valence-corrected chi connectivity index (χ3v) is 6.69. The number of ether oxygens (including phenoxy) is 1. The number of hydrogen-bond acceptors (Lipinski definition) is 4. The first-order chi connectivity index (χ1) is 15.9. The number of fused-ring (bicyclic) bond motifs is 3. The molecule has 3 atom stereocenters. The molecule has 0 radical (unpaired) electrons. The average molecular weight is 451 g/mol. The SMILES string of the molecule is CC(CCC(=O)N[C@H]1CCC[C@H]1C(=O)O)NC(=O)OCC1c2ccccc2-c2ccccc21. The molecule has 1 fully saturated rings. The summed E-state index contributed by atoms with van der Waals surface area (Å²) in [5.74, 6) is -1.56. The molecule has 1 saturated carbocycles. The van der Waals surface area contributed by atoms with Gasteiger partial charge in [-0.3, -0.25) is 9.59 Å². The number of hydrogen-bond donors (Lipinski definition) is 3. The number of carboxylic acids is 1. The zero-order chi connectivity index (χ0) is 23.4. The fourth-order valence-electron chi connectivity index (χ4n) is 4.97. The Morgan fingerprint density at radius 3 is 2.30 bits per heavy atom. The summed E-state index contributed by atoms with van der Waals surface area (Å²) in [7, 11) is 0. The van der Waals surface area contributed by atoms with Crippen molar-refractivity contribution in [2.45, 2.75) is 57.0 Å². The number of carboxylic acid groups (broad SMARTS) is 1. The molecule has 2 aliphatic carbocycles. The van der Waals surface area contributed by atoms with Crippen LogP contribution in [-0.4, -0.2) is 41.8 Å². The smallest absolute Gasteiger partial charge is 0.407 e. The highest BCUT2D eigenvalue weighted by molar-refractivity contribution is 5.79. The van der Waals surface area contributed by atoms with Gasteiger partial charge in [-0.15, -0.1) is 0 Å². The van der Waals surface area contributed by atoms with Gasteiger partial charge in [0.05, 0.1) is 5.92 Å². The Morgan fingerprint density at radius 2 is 1.67 bits per heavy atom. The zero-order valence-corrected chi connectivity index (χ0v) is 18.8. The minimum atomic E-state index is -0.858. The Labute approximate surface area is 193 Å². The van der Waals surface area contributed by atoms with E-state index in [-0.39, 0.29) is 36.9 Å². The predicted octanol–water partition coefficient (Wildman–Crippen LogP) is 4.06. The number of amides is 2. The van der Waals surface area contributed by atoms with Crippen molar-refractivity contribution in [3.8, 4) is 11.1 Å². The molecule has 174 valence electrons. The summed E-state index contributed by atoms with van der Waals surface area (Å²) in [4.78, 5) is 35.9. The predicted molar refractivity (Wildman–Crippen MR) is 124 cm³/mol. The average Bonchev–Trinajstić information content (AvgIpc) is 3.39. The summed E-state index contributed by atoms with van der Waals surface area (Å²) < 4.78 is 5.55. The lowest BCUT2D eigenvalue weighted by atomic mass is 9.98. The van der Waals surface area contributed by atoms with Crippen LogP contribution in [0.5, 0.6) is 0 Å². The number of benzene rings is 2. The van der Waals surface area contributed by atoms with E-state index in [9.17, 15) is 19.5 Å². The lowest BCUT2D eigenvalue weighted by molar-refractivity contribution is -0.142. The van der Waals surface area contributed by atoms with Crippen LogP contribution in [0.25, 0.3) is 11.1 Å². The molecule has 1 unspecified atom stereocenters. The van der Waals surface area contributed by atoms with Crippen LogP contribution in [0.2, 0.25) is 0 Å². The molecule has 33 heavy (non-hydrogen) atoms. The first kappa shape index (κ1) is 22.8. The normalized spacial score (nSPS) is 19.9. The number of nitrogens with one attached hydrogen (secondary N) is 2. The fourth-order valence-corrected chi connectivity index (χ4v) is 4.97. The highest BCUT2D eigenvalue weighted by Crippen LogP contribution is 2.44. The van der Waals surface area contributed by atoms with Gasteiger partial charge in [0.2, 0.25) is 5.91 Å². The maximum atomic E-state index is 12.4. The molecule has 4 rings (SSSR count). The van der Waals surface area contributed by atoms with Crippen LogP contribution >= 0.6 is 0 Å². The third-order valence-electron chi connectivity index (χ3n) is 6.69. The van der Waals surface area contributed by atoms with Crippen molar-refractivity contribution >= 4 is 18.0 Å². The van der Waals surface area contributed by atoms with Crippen molar-refractivity contribution in [3.05, 3.63) is 59.7 Å². The Balaban J connectivity index is 1.23. The quantitative estimate of drug-likeness (QED) is 0.563. The van der Waals surface area contributed by atoms with E-state index in [0.29, 0.717) is 19.3 Å². The largest absolute Gasteiger partial charge is 0.481 e. The number of rotatable bonds is 8. The van der Waals surface area contributed by atoms with Gasteiger partial charge in [-0.2, -0.15) is 0 Å². The van der Waals surface area contributed by atoms with Crippen molar-refractivity contribution in [3.63, 3.8) is 0 Å². The Morgan fingerprint density at radius 1 is 1.03 bits per heavy atom. The number of carbonyl (C=O) groups excluding carboxylic acids is 2. The molecular formula is C26H30N2O5. The molecule has 0 bridgehead atoms. The van der Waals surface area contributed by atoms with Crippen LogP contribution < -0.4 is 10.6 Å². The molecule has 2 aromatic carbocycles. The van der Waals surface area contributed by atoms with Gasteiger partial charge in [-0.05, 0) is 48.4 Å². The van der Waals surface area contributed by atoms with Gasteiger partial charge < -0.3 is 20.5 Å². The lowest BCUT2D eigenvalue weighted by Gasteiger charge is -2.19. The van der Waals surface area contributed by atoms with E-state index in [2.05, 4.69) is 34.9 Å². The Kier molecular flexibility index (Phi) is 6.96. The Hall–Kier alpha value is -3.35. The van der Waals surface area contributed by atoms with Gasteiger partial charge in [-0.1, -0.05) is 55.0 Å². The van der Waals surface area contributed by atoms with Crippen LogP contribution in [-0.2, 0) is 14.3 Å². The minimum absolute atomic E-state index is 0.00201. The molecule has 0 aliphatic heterocycles. The van der Waals surface area contributed by atoms with Crippen LogP contribution in [0.3, 0.4) is 0 Å². The van der Waals surface area contributed by atoms with E-state index >= 15 is 0 Å². The van der Waals surface area contributed by atoms with Gasteiger partial charge >= 0.3 is 12.1 Å². The number of carbonyl (C=O) groups is 3. The molecule has 0 aromatic heterocycles. The molecule has 2 amide bonds. The van der Waals surface area contributed by atoms with Crippen molar-refractivity contribution < 1.29 is 24.2 Å². The van der Waals surface area contributed by atoms with E-state index in [1.807, 2.05) is 31.2 Å². The highest BCUT2D eigenvalue weighted by atomic mass is 16.5. The van der Waals surface area contributed by atoms with Gasteiger partial charge in [0.1, 0.15) is 6.61 Å². The summed E-state index contributed by atoms with van der Waals surface area (Å²) in [6, 6.07) is 15.8. The van der Waals surface area contributed by atoms with Crippen LogP contribution in [0, 0.1) is 5.92 Å². The topological polar surface area (TPSA) is 105 Å². The number of alkyl carbamates (subject to hydrolysis) is 1. The summed E-state index contributed by atoms with van der Waals surface area (Å²) in [5, 5.41) is 14.9. The monoisotopic (exact) mass is 450 g/mol. The molecule has 7 nitrogen and oxygen atoms in total. The second-order valence-corrected chi connectivity index (χ2v) is 8.96. The van der Waals surface area contributed by atoms with E-state index in [1.54, 1.807) is 0 Å². The van der Waals surface area contributed by atoms with E-state index in [4.69, 9.17) is 4.74 Å². The van der Waals surface area contributed by atoms with Gasteiger partial charge in [0.15, 0.2) is 0 Å². The summed E-state index contributed by atoms with van der Waals surface area (Å²) in [6.07, 6.45) is 2.25. The molecular weight excluding hydrogens is 420 g/mol. The van der Waals surface area contributed by atoms with Crippen LogP contribution in [0.15, 0.2) is 48.5 Å². The second-order valence-electron chi connectivity index (χ2n) is 8.96. The summed E-state index contributed by atoms with van der Waals surface area (Å²) in [5.41, 5.74) is 4.66. The van der Waals surface area contributed by atoms with Crippen LogP contribution in [0.4, 0.5) is 4.79 Å². The maximum Gasteiger partial charge on any atom is 0.407 e.